The van der Waals surface area contributed by atoms with Gasteiger partial charge in [0, 0.05) is 6.54 Å². The first-order chi connectivity index (χ1) is 16.4. The Morgan fingerprint density at radius 1 is 1.12 bits per heavy atom. The number of nitrogens with one attached hydrogen (secondary N) is 1. The molecule has 6 nitrogen and oxygen atoms in total. The standard InChI is InChI=1S/C27H28FN3O3/c1-18-7-8-19(2)25(13-18)34-17-22(32)16-31-24-6-4-3-5-23(24)30-26(31)14-27(33)29-15-20-9-11-21(28)12-10-20/h3-13,22,32H,14-17H2,1-2H3,(H,29,33). The van der Waals surface area contributed by atoms with E-state index in [9.17, 15) is 14.3 Å². The molecule has 0 saturated carbocycles. The van der Waals surface area contributed by atoms with Crippen LogP contribution >= 0.6 is 0 Å². The van der Waals surface area contributed by atoms with Crippen LogP contribution in [0.2, 0.25) is 0 Å². The number of aryl methyl sites for hydroxylation is 2. The SMILES string of the molecule is Cc1ccc(C)c(OCC(O)Cn2c(CC(=O)NCc3ccc(F)cc3)nc3ccccc32)c1. The van der Waals surface area contributed by atoms with Gasteiger partial charge in [0.2, 0.25) is 5.91 Å². The molecule has 1 heterocycles. The lowest BCUT2D eigenvalue weighted by Crippen LogP contribution is -2.28. The Kier molecular flexibility index (Phi) is 7.23. The number of aliphatic hydroxyl groups is 1. The summed E-state index contributed by atoms with van der Waals surface area (Å²) in [7, 11) is 0. The number of imidazole rings is 1. The van der Waals surface area contributed by atoms with Crippen LogP contribution in [0.1, 0.15) is 22.5 Å². The van der Waals surface area contributed by atoms with Crippen molar-refractivity contribution in [1.82, 2.24) is 14.9 Å². The van der Waals surface area contributed by atoms with E-state index in [0.29, 0.717) is 12.4 Å². The average Bonchev–Trinajstić information content (AvgIpc) is 3.16. The lowest BCUT2D eigenvalue weighted by atomic mass is 10.1. The Morgan fingerprint density at radius 3 is 2.68 bits per heavy atom. The van der Waals surface area contributed by atoms with Gasteiger partial charge in [-0.1, -0.05) is 36.4 Å². The van der Waals surface area contributed by atoms with E-state index in [4.69, 9.17) is 4.74 Å². The molecule has 0 aliphatic heterocycles. The van der Waals surface area contributed by atoms with E-state index in [-0.39, 0.29) is 31.3 Å². The van der Waals surface area contributed by atoms with Gasteiger partial charge in [-0.2, -0.15) is 0 Å². The second-order valence-corrected chi connectivity index (χ2v) is 8.44. The van der Waals surface area contributed by atoms with Gasteiger partial charge in [0.05, 0.1) is 24.0 Å². The lowest BCUT2D eigenvalue weighted by Gasteiger charge is -2.17. The summed E-state index contributed by atoms with van der Waals surface area (Å²) in [5.74, 6) is 0.782. The van der Waals surface area contributed by atoms with Crippen LogP contribution < -0.4 is 10.1 Å². The number of amides is 1. The highest BCUT2D eigenvalue weighted by molar-refractivity contribution is 5.81. The van der Waals surface area contributed by atoms with Crippen LogP contribution in [0.4, 0.5) is 4.39 Å². The van der Waals surface area contributed by atoms with E-state index in [0.717, 1.165) is 33.5 Å². The topological polar surface area (TPSA) is 76.4 Å². The predicted molar refractivity (Wildman–Crippen MR) is 129 cm³/mol. The van der Waals surface area contributed by atoms with E-state index in [1.807, 2.05) is 60.9 Å². The number of nitrogens with zero attached hydrogens (tertiary/aromatic N) is 2. The van der Waals surface area contributed by atoms with Gasteiger partial charge >= 0.3 is 0 Å². The molecule has 3 aromatic carbocycles. The van der Waals surface area contributed by atoms with Crippen molar-refractivity contribution in [2.75, 3.05) is 6.61 Å². The normalized spacial score (nSPS) is 12.0. The van der Waals surface area contributed by atoms with Gasteiger partial charge in [-0.05, 0) is 60.9 Å². The Hall–Kier alpha value is -3.71. The number of carbonyl (C=O) groups is 1. The summed E-state index contributed by atoms with van der Waals surface area (Å²) < 4.78 is 20.8. The smallest absolute Gasteiger partial charge is 0.227 e. The number of hydrogen-bond acceptors (Lipinski definition) is 4. The predicted octanol–water partition coefficient (Wildman–Crippen LogP) is 4.09. The number of halogens is 1. The number of aliphatic hydroxyl groups excluding tert-OH is 1. The molecule has 0 fully saturated rings. The summed E-state index contributed by atoms with van der Waals surface area (Å²) in [6, 6.07) is 19.5. The quantitative estimate of drug-likeness (QED) is 0.394. The summed E-state index contributed by atoms with van der Waals surface area (Å²) in [6.45, 7) is 4.62. The highest BCUT2D eigenvalue weighted by Gasteiger charge is 2.17. The fraction of sp³-hybridized carbons (Fsp3) is 0.259. The molecule has 1 aromatic heterocycles. The Bertz CT molecular complexity index is 1280. The number of ether oxygens (including phenoxy) is 1. The van der Waals surface area contributed by atoms with E-state index in [1.165, 1.54) is 12.1 Å². The van der Waals surface area contributed by atoms with Gasteiger partial charge in [-0.15, -0.1) is 0 Å². The number of benzene rings is 3. The van der Waals surface area contributed by atoms with Gasteiger partial charge in [0.25, 0.3) is 0 Å². The van der Waals surface area contributed by atoms with Crippen LogP contribution in [0, 0.1) is 19.7 Å². The largest absolute Gasteiger partial charge is 0.491 e. The fourth-order valence-electron chi connectivity index (χ4n) is 3.79. The first kappa shape index (κ1) is 23.4. The minimum absolute atomic E-state index is 0.0560. The van der Waals surface area contributed by atoms with Gasteiger partial charge < -0.3 is 19.7 Å². The molecule has 0 aliphatic carbocycles. The van der Waals surface area contributed by atoms with E-state index >= 15 is 0 Å². The molecule has 4 aromatic rings. The molecule has 1 amide bonds. The Labute approximate surface area is 198 Å². The van der Waals surface area contributed by atoms with Crippen LogP contribution in [0.25, 0.3) is 11.0 Å². The van der Waals surface area contributed by atoms with Crippen molar-refractivity contribution in [3.8, 4) is 5.75 Å². The molecule has 7 heteroatoms. The van der Waals surface area contributed by atoms with E-state index in [2.05, 4.69) is 10.3 Å². The molecule has 0 bridgehead atoms. The van der Waals surface area contributed by atoms with Crippen LogP contribution in [-0.4, -0.2) is 33.3 Å². The maximum Gasteiger partial charge on any atom is 0.227 e. The van der Waals surface area contributed by atoms with Crippen LogP contribution in [0.5, 0.6) is 5.75 Å². The number of carbonyl (C=O) groups excluding carboxylic acids is 1. The number of aromatic nitrogens is 2. The van der Waals surface area contributed by atoms with E-state index < -0.39 is 6.10 Å². The lowest BCUT2D eigenvalue weighted by molar-refractivity contribution is -0.120. The second kappa shape index (κ2) is 10.5. The molecule has 1 unspecified atom stereocenters. The third-order valence-electron chi connectivity index (χ3n) is 5.62. The van der Waals surface area contributed by atoms with Gasteiger partial charge in [-0.25, -0.2) is 9.37 Å². The highest BCUT2D eigenvalue weighted by Crippen LogP contribution is 2.21. The maximum atomic E-state index is 13.1. The second-order valence-electron chi connectivity index (χ2n) is 8.44. The highest BCUT2D eigenvalue weighted by atomic mass is 19.1. The zero-order valence-corrected chi connectivity index (χ0v) is 19.3. The molecular weight excluding hydrogens is 433 g/mol. The van der Waals surface area contributed by atoms with Crippen LogP contribution in [-0.2, 0) is 24.3 Å². The summed E-state index contributed by atoms with van der Waals surface area (Å²) in [4.78, 5) is 17.2. The summed E-state index contributed by atoms with van der Waals surface area (Å²) in [5, 5.41) is 13.6. The van der Waals surface area contributed by atoms with Crippen molar-refractivity contribution in [3.05, 3.63) is 95.1 Å². The van der Waals surface area contributed by atoms with Crippen molar-refractivity contribution in [2.24, 2.45) is 0 Å². The summed E-state index contributed by atoms with van der Waals surface area (Å²) >= 11 is 0. The van der Waals surface area contributed by atoms with Gasteiger partial charge in [0.1, 0.15) is 30.1 Å². The van der Waals surface area contributed by atoms with E-state index in [1.54, 1.807) is 12.1 Å². The molecule has 0 saturated heterocycles. The molecule has 176 valence electrons. The van der Waals surface area contributed by atoms with Crippen molar-refractivity contribution in [2.45, 2.75) is 39.5 Å². The number of rotatable bonds is 9. The first-order valence-electron chi connectivity index (χ1n) is 11.2. The molecule has 1 atom stereocenters. The first-order valence-corrected chi connectivity index (χ1v) is 11.2. The molecule has 0 aliphatic rings. The van der Waals surface area contributed by atoms with Crippen LogP contribution in [0.15, 0.2) is 66.7 Å². The monoisotopic (exact) mass is 461 g/mol. The van der Waals surface area contributed by atoms with Gasteiger partial charge in [0.15, 0.2) is 0 Å². The maximum absolute atomic E-state index is 13.1. The number of fused-ring (bicyclic) bond motifs is 1. The fourth-order valence-corrected chi connectivity index (χ4v) is 3.79. The summed E-state index contributed by atoms with van der Waals surface area (Å²) in [5.41, 5.74) is 4.50. The zero-order chi connectivity index (χ0) is 24.1. The molecule has 34 heavy (non-hydrogen) atoms. The molecule has 4 rings (SSSR count). The molecule has 0 spiro atoms. The Balaban J connectivity index is 1.44. The average molecular weight is 462 g/mol. The molecular formula is C27H28FN3O3. The number of hydrogen-bond donors (Lipinski definition) is 2. The van der Waals surface area contributed by atoms with Crippen molar-refractivity contribution >= 4 is 16.9 Å². The van der Waals surface area contributed by atoms with Gasteiger partial charge in [-0.3, -0.25) is 4.79 Å². The molecule has 2 N–H and O–H groups in total. The van der Waals surface area contributed by atoms with Crippen LogP contribution in [0.3, 0.4) is 0 Å². The Morgan fingerprint density at radius 2 is 1.88 bits per heavy atom. The zero-order valence-electron chi connectivity index (χ0n) is 19.3. The van der Waals surface area contributed by atoms with Crippen molar-refractivity contribution in [1.29, 1.82) is 0 Å². The van der Waals surface area contributed by atoms with Crippen molar-refractivity contribution < 1.29 is 19.0 Å². The minimum Gasteiger partial charge on any atom is -0.491 e. The molecule has 0 radical (unpaired) electrons. The third kappa shape index (κ3) is 5.80. The van der Waals surface area contributed by atoms with Crippen molar-refractivity contribution in [3.63, 3.8) is 0 Å². The third-order valence-corrected chi connectivity index (χ3v) is 5.62. The summed E-state index contributed by atoms with van der Waals surface area (Å²) in [6.07, 6.45) is -0.737. The number of para-hydroxylation sites is 2. The minimum atomic E-state index is -0.793.